The molecule has 4 rings (SSSR count). The summed E-state index contributed by atoms with van der Waals surface area (Å²) in [5.74, 6) is -0.862. The van der Waals surface area contributed by atoms with Crippen LogP contribution in [0.15, 0.2) is 78.9 Å². The van der Waals surface area contributed by atoms with Crippen molar-refractivity contribution in [3.8, 4) is 0 Å². The second-order valence-electron chi connectivity index (χ2n) is 7.38. The first kappa shape index (κ1) is 17.3. The maximum Gasteiger partial charge on any atom is 0.338 e. The number of carboxylic acids is 1. The molecule has 0 saturated heterocycles. The molecule has 3 heteroatoms. The third kappa shape index (κ3) is 3.21. The number of aromatic carboxylic acids is 1. The zero-order valence-electron chi connectivity index (χ0n) is 15.4. The molecule has 136 valence electrons. The quantitative estimate of drug-likeness (QED) is 0.665. The van der Waals surface area contributed by atoms with Gasteiger partial charge in [-0.05, 0) is 31.4 Å². The fourth-order valence-corrected chi connectivity index (χ4v) is 4.24. The summed E-state index contributed by atoms with van der Waals surface area (Å²) in [4.78, 5) is 11.9. The number of carbonyl (C=O) groups is 1. The van der Waals surface area contributed by atoms with Gasteiger partial charge in [-0.15, -0.1) is 0 Å². The van der Waals surface area contributed by atoms with E-state index in [0.29, 0.717) is 5.56 Å². The predicted octanol–water partition coefficient (Wildman–Crippen LogP) is 5.39. The summed E-state index contributed by atoms with van der Waals surface area (Å²) in [7, 11) is 0. The lowest BCUT2D eigenvalue weighted by Gasteiger charge is -2.33. The van der Waals surface area contributed by atoms with Crippen LogP contribution in [0.1, 0.15) is 28.0 Å². The lowest BCUT2D eigenvalue weighted by Crippen LogP contribution is -2.28. The number of carboxylic acid groups (broad SMARTS) is 1. The van der Waals surface area contributed by atoms with E-state index in [4.69, 9.17) is 0 Å². The van der Waals surface area contributed by atoms with Crippen LogP contribution in [0.3, 0.4) is 0 Å². The van der Waals surface area contributed by atoms with Crippen LogP contribution in [0.5, 0.6) is 0 Å². The summed E-state index contributed by atoms with van der Waals surface area (Å²) in [5.41, 5.74) is 3.45. The van der Waals surface area contributed by atoms with Crippen LogP contribution in [0.2, 0.25) is 0 Å². The Balaban J connectivity index is 1.81. The van der Waals surface area contributed by atoms with E-state index >= 15 is 0 Å². The third-order valence-electron chi connectivity index (χ3n) is 5.54. The molecule has 1 unspecified atom stereocenters. The monoisotopic (exact) mass is 357 g/mol. The van der Waals surface area contributed by atoms with Crippen molar-refractivity contribution >= 4 is 16.9 Å². The molecule has 27 heavy (non-hydrogen) atoms. The van der Waals surface area contributed by atoms with Gasteiger partial charge in [0.15, 0.2) is 0 Å². The van der Waals surface area contributed by atoms with Crippen LogP contribution < -0.4 is 0 Å². The lowest BCUT2D eigenvalue weighted by molar-refractivity contribution is 0.0697. The smallest absolute Gasteiger partial charge is 0.338 e. The van der Waals surface area contributed by atoms with Crippen molar-refractivity contribution in [3.63, 3.8) is 0 Å². The van der Waals surface area contributed by atoms with E-state index in [2.05, 4.69) is 53.1 Å². The summed E-state index contributed by atoms with van der Waals surface area (Å²) in [5, 5.41) is 10.6. The maximum absolute atomic E-state index is 11.9. The molecule has 0 fully saturated rings. The molecule has 0 spiro atoms. The van der Waals surface area contributed by atoms with Crippen molar-refractivity contribution in [3.05, 3.63) is 95.7 Å². The predicted molar refractivity (Wildman–Crippen MR) is 109 cm³/mol. The number of aromatic nitrogens is 1. The van der Waals surface area contributed by atoms with Crippen molar-refractivity contribution in [1.82, 2.24) is 4.57 Å². The zero-order valence-corrected chi connectivity index (χ0v) is 15.4. The van der Waals surface area contributed by atoms with Gasteiger partial charge < -0.3 is 9.67 Å². The molecule has 0 saturated carbocycles. The Bertz CT molecular complexity index is 1040. The van der Waals surface area contributed by atoms with E-state index in [0.717, 1.165) is 36.0 Å². The molecule has 0 amide bonds. The number of fused-ring (bicyclic) bond motifs is 1. The van der Waals surface area contributed by atoms with Crippen LogP contribution in [0, 0.1) is 12.3 Å². The average molecular weight is 357 g/mol. The molecule has 1 heterocycles. The van der Waals surface area contributed by atoms with E-state index in [1.165, 1.54) is 5.56 Å². The number of hydrogen-bond acceptors (Lipinski definition) is 1. The Morgan fingerprint density at radius 2 is 1.81 bits per heavy atom. The molecule has 0 bridgehead atoms. The van der Waals surface area contributed by atoms with Crippen LogP contribution in [-0.4, -0.2) is 15.6 Å². The molecule has 2 aromatic carbocycles. The Kier molecular flexibility index (Phi) is 4.44. The highest BCUT2D eigenvalue weighted by Crippen LogP contribution is 2.37. The summed E-state index contributed by atoms with van der Waals surface area (Å²) >= 11 is 0. The maximum atomic E-state index is 11.9. The minimum absolute atomic E-state index is 0.0710. The summed E-state index contributed by atoms with van der Waals surface area (Å²) in [6.45, 7) is 2.67. The van der Waals surface area contributed by atoms with E-state index < -0.39 is 5.97 Å². The van der Waals surface area contributed by atoms with Gasteiger partial charge in [0.1, 0.15) is 0 Å². The van der Waals surface area contributed by atoms with Gasteiger partial charge in [0, 0.05) is 28.6 Å². The van der Waals surface area contributed by atoms with Crippen LogP contribution in [0.25, 0.3) is 10.9 Å². The molecule has 3 aromatic rings. The minimum Gasteiger partial charge on any atom is -0.478 e. The molecule has 1 aromatic heterocycles. The van der Waals surface area contributed by atoms with Gasteiger partial charge in [-0.1, -0.05) is 72.8 Å². The Hall–Kier alpha value is -3.07. The molecule has 3 nitrogen and oxygen atoms in total. The lowest BCUT2D eigenvalue weighted by atomic mass is 9.76. The Morgan fingerprint density at radius 1 is 1.07 bits per heavy atom. The number of para-hydroxylation sites is 1. The largest absolute Gasteiger partial charge is 0.478 e. The normalized spacial score (nSPS) is 18.9. The number of nitrogens with zero attached hydrogens (tertiary/aromatic N) is 1. The first-order chi connectivity index (χ1) is 13.1. The SMILES string of the molecule is Cc1c(C(=O)O)c2ccccc2n1CC1(Cc2ccccc2)C=CC=CC1. The molecule has 0 aliphatic heterocycles. The minimum atomic E-state index is -0.862. The van der Waals surface area contributed by atoms with E-state index in [-0.39, 0.29) is 5.41 Å². The highest BCUT2D eigenvalue weighted by Gasteiger charge is 2.30. The van der Waals surface area contributed by atoms with E-state index in [1.54, 1.807) is 0 Å². The second kappa shape index (κ2) is 6.92. The van der Waals surface area contributed by atoms with Gasteiger partial charge in [-0.3, -0.25) is 0 Å². The molecule has 1 N–H and O–H groups in total. The van der Waals surface area contributed by atoms with E-state index in [9.17, 15) is 9.90 Å². The summed E-state index contributed by atoms with van der Waals surface area (Å²) in [6.07, 6.45) is 10.6. The first-order valence-corrected chi connectivity index (χ1v) is 9.29. The molecular weight excluding hydrogens is 334 g/mol. The van der Waals surface area contributed by atoms with Gasteiger partial charge >= 0.3 is 5.97 Å². The van der Waals surface area contributed by atoms with Crippen LogP contribution >= 0.6 is 0 Å². The van der Waals surface area contributed by atoms with Gasteiger partial charge in [-0.25, -0.2) is 4.79 Å². The van der Waals surface area contributed by atoms with Crippen LogP contribution in [0.4, 0.5) is 0 Å². The van der Waals surface area contributed by atoms with E-state index in [1.807, 2.05) is 37.3 Å². The van der Waals surface area contributed by atoms with Crippen molar-refractivity contribution in [2.45, 2.75) is 26.3 Å². The standard InChI is InChI=1S/C24H23NO2/c1-18-22(23(26)27)20-12-6-7-13-21(20)25(18)17-24(14-8-3-9-15-24)16-19-10-4-2-5-11-19/h2-14H,15-17H2,1H3,(H,26,27). The first-order valence-electron chi connectivity index (χ1n) is 9.29. The zero-order chi connectivity index (χ0) is 18.9. The summed E-state index contributed by atoms with van der Waals surface area (Å²) < 4.78 is 2.19. The number of rotatable bonds is 5. The molecule has 0 radical (unpaired) electrons. The number of hydrogen-bond donors (Lipinski definition) is 1. The fourth-order valence-electron chi connectivity index (χ4n) is 4.24. The topological polar surface area (TPSA) is 42.2 Å². The number of allylic oxidation sites excluding steroid dienone is 4. The molecule has 1 aliphatic carbocycles. The van der Waals surface area contributed by atoms with Crippen molar-refractivity contribution in [2.24, 2.45) is 5.41 Å². The fraction of sp³-hybridized carbons (Fsp3) is 0.208. The Morgan fingerprint density at radius 3 is 2.52 bits per heavy atom. The van der Waals surface area contributed by atoms with Crippen molar-refractivity contribution in [1.29, 1.82) is 0 Å². The Labute approximate surface area is 159 Å². The van der Waals surface area contributed by atoms with Gasteiger partial charge in [-0.2, -0.15) is 0 Å². The second-order valence-corrected chi connectivity index (χ2v) is 7.38. The highest BCUT2D eigenvalue weighted by molar-refractivity contribution is 6.05. The molecule has 1 atom stereocenters. The molecular formula is C24H23NO2. The number of benzene rings is 2. The van der Waals surface area contributed by atoms with Gasteiger partial charge in [0.25, 0.3) is 0 Å². The van der Waals surface area contributed by atoms with Gasteiger partial charge in [0.05, 0.1) is 5.56 Å². The van der Waals surface area contributed by atoms with Crippen molar-refractivity contribution in [2.75, 3.05) is 0 Å². The van der Waals surface area contributed by atoms with Crippen LogP contribution in [-0.2, 0) is 13.0 Å². The highest BCUT2D eigenvalue weighted by atomic mass is 16.4. The van der Waals surface area contributed by atoms with Gasteiger partial charge in [0.2, 0.25) is 0 Å². The average Bonchev–Trinajstić information content (AvgIpc) is 2.95. The molecule has 1 aliphatic rings. The third-order valence-corrected chi connectivity index (χ3v) is 5.54. The van der Waals surface area contributed by atoms with Crippen molar-refractivity contribution < 1.29 is 9.90 Å². The summed E-state index contributed by atoms with van der Waals surface area (Å²) in [6, 6.07) is 18.3.